The van der Waals surface area contributed by atoms with Crippen LogP contribution in [0.3, 0.4) is 0 Å². The van der Waals surface area contributed by atoms with E-state index in [0.29, 0.717) is 18.5 Å². The number of nitrogens with one attached hydrogen (secondary N) is 1. The number of rotatable bonds is 9. The Morgan fingerprint density at radius 3 is 2.34 bits per heavy atom. The fourth-order valence-corrected chi connectivity index (χ4v) is 4.21. The molecule has 0 spiro atoms. The number of aromatic nitrogens is 4. The molecule has 2 aromatic heterocycles. The first-order chi connectivity index (χ1) is 19.4. The zero-order valence-electron chi connectivity index (χ0n) is 21.7. The average molecular weight is 568 g/mol. The lowest BCUT2D eigenvalue weighted by Crippen LogP contribution is -2.45. The third kappa shape index (κ3) is 5.98. The molecule has 212 valence electrons. The lowest BCUT2D eigenvalue weighted by Gasteiger charge is -2.17. The maximum Gasteiger partial charge on any atom is 0.421 e. The van der Waals surface area contributed by atoms with Crippen LogP contribution < -0.4 is 21.4 Å². The minimum atomic E-state index is -4.65. The fraction of sp³-hybridized carbons (Fsp3) is 0.250. The van der Waals surface area contributed by atoms with Gasteiger partial charge in [-0.25, -0.2) is 19.1 Å². The number of halogens is 3. The fourth-order valence-electron chi connectivity index (χ4n) is 4.21. The summed E-state index contributed by atoms with van der Waals surface area (Å²) < 4.78 is 47.3. The van der Waals surface area contributed by atoms with Crippen LogP contribution in [0.5, 0.6) is 11.6 Å². The van der Waals surface area contributed by atoms with E-state index in [1.54, 1.807) is 0 Å². The molecule has 0 aliphatic heterocycles. The number of nitrogens with zero attached hydrogens (tertiary/aromatic N) is 4. The van der Waals surface area contributed by atoms with E-state index in [4.69, 9.17) is 4.74 Å². The SMILES string of the molecule is Cc1ccc(Cn2c(Nc3ccc(Oc4ncccc4C(F)(F)F)cc3)nc(=O)n(CC3(C(=O)O)CC3)c2=O)cc1. The molecule has 1 fully saturated rings. The van der Waals surface area contributed by atoms with E-state index in [1.807, 2.05) is 31.2 Å². The van der Waals surface area contributed by atoms with E-state index >= 15 is 0 Å². The molecule has 0 saturated heterocycles. The molecule has 2 aromatic carbocycles. The molecule has 1 aliphatic rings. The molecule has 13 heteroatoms. The van der Waals surface area contributed by atoms with Crippen molar-refractivity contribution in [2.45, 2.75) is 39.0 Å². The second-order valence-electron chi connectivity index (χ2n) is 9.85. The number of aliphatic carboxylic acids is 1. The van der Waals surface area contributed by atoms with Crippen molar-refractivity contribution in [2.75, 3.05) is 5.32 Å². The van der Waals surface area contributed by atoms with Gasteiger partial charge in [0, 0.05) is 18.4 Å². The van der Waals surface area contributed by atoms with Crippen molar-refractivity contribution in [3.8, 4) is 11.6 Å². The minimum Gasteiger partial charge on any atom is -0.481 e. The largest absolute Gasteiger partial charge is 0.481 e. The van der Waals surface area contributed by atoms with Gasteiger partial charge in [0.25, 0.3) is 0 Å². The Bertz CT molecular complexity index is 1710. The summed E-state index contributed by atoms with van der Waals surface area (Å²) in [5.74, 6) is -1.70. The number of carboxylic acids is 1. The number of ether oxygens (including phenoxy) is 1. The summed E-state index contributed by atoms with van der Waals surface area (Å²) in [6.07, 6.45) is -2.77. The van der Waals surface area contributed by atoms with Gasteiger partial charge in [-0.05, 0) is 61.7 Å². The molecule has 4 aromatic rings. The first kappa shape index (κ1) is 27.6. The maximum absolute atomic E-state index is 13.5. The summed E-state index contributed by atoms with van der Waals surface area (Å²) in [5.41, 5.74) is -1.71. The highest BCUT2D eigenvalue weighted by Gasteiger charge is 2.51. The predicted molar refractivity (Wildman–Crippen MR) is 141 cm³/mol. The van der Waals surface area contributed by atoms with E-state index in [-0.39, 0.29) is 24.8 Å². The van der Waals surface area contributed by atoms with Gasteiger partial charge in [-0.1, -0.05) is 29.8 Å². The standard InChI is InChI=1S/C28H24F3N5O5/c1-17-4-6-18(7-5-17)15-35-24(34-25(39)36(26(35)40)16-27(12-13-27)23(37)38)33-19-8-10-20(11-9-19)41-22-21(28(29,30)31)3-2-14-32-22/h2-11,14H,12-13,15-16H2,1H3,(H,37,38)(H,33,34,39). The molecule has 0 amide bonds. The van der Waals surface area contributed by atoms with Crippen LogP contribution in [0.25, 0.3) is 0 Å². The Hall–Kier alpha value is -4.94. The summed E-state index contributed by atoms with van der Waals surface area (Å²) >= 11 is 0. The zero-order chi connectivity index (χ0) is 29.4. The number of hydrogen-bond acceptors (Lipinski definition) is 7. The quantitative estimate of drug-likeness (QED) is 0.301. The number of benzene rings is 2. The van der Waals surface area contributed by atoms with Crippen LogP contribution in [0.15, 0.2) is 76.4 Å². The molecule has 5 rings (SSSR count). The molecule has 0 unspecified atom stereocenters. The number of pyridine rings is 1. The van der Waals surface area contributed by atoms with E-state index in [0.717, 1.165) is 27.8 Å². The number of hydrogen-bond donors (Lipinski definition) is 2. The third-order valence-corrected chi connectivity index (χ3v) is 6.78. The van der Waals surface area contributed by atoms with Crippen molar-refractivity contribution < 1.29 is 27.8 Å². The van der Waals surface area contributed by atoms with E-state index < -0.39 is 40.4 Å². The van der Waals surface area contributed by atoms with Gasteiger partial charge >= 0.3 is 23.5 Å². The smallest absolute Gasteiger partial charge is 0.421 e. The van der Waals surface area contributed by atoms with Gasteiger partial charge in [-0.3, -0.25) is 9.36 Å². The molecule has 10 nitrogen and oxygen atoms in total. The zero-order valence-corrected chi connectivity index (χ0v) is 21.7. The summed E-state index contributed by atoms with van der Waals surface area (Å²) in [6, 6.07) is 15.1. The molecular formula is C28H24F3N5O5. The predicted octanol–water partition coefficient (Wildman–Crippen LogP) is 4.58. The molecule has 1 aliphatic carbocycles. The number of anilines is 2. The molecule has 0 atom stereocenters. The van der Waals surface area contributed by atoms with Gasteiger partial charge in [0.1, 0.15) is 11.3 Å². The number of carboxylic acid groups (broad SMARTS) is 1. The van der Waals surface area contributed by atoms with Gasteiger partial charge in [0.2, 0.25) is 11.8 Å². The number of aryl methyl sites for hydroxylation is 1. The molecular weight excluding hydrogens is 543 g/mol. The topological polar surface area (TPSA) is 128 Å². The highest BCUT2D eigenvalue weighted by Crippen LogP contribution is 2.46. The van der Waals surface area contributed by atoms with Crippen molar-refractivity contribution in [2.24, 2.45) is 5.41 Å². The van der Waals surface area contributed by atoms with Gasteiger partial charge in [0.05, 0.1) is 12.0 Å². The summed E-state index contributed by atoms with van der Waals surface area (Å²) in [6.45, 7) is 1.66. The molecule has 2 N–H and O–H groups in total. The van der Waals surface area contributed by atoms with Crippen LogP contribution >= 0.6 is 0 Å². The molecule has 0 radical (unpaired) electrons. The van der Waals surface area contributed by atoms with Crippen LogP contribution in [0.1, 0.15) is 29.5 Å². The molecule has 2 heterocycles. The summed E-state index contributed by atoms with van der Waals surface area (Å²) in [7, 11) is 0. The molecule has 1 saturated carbocycles. The second-order valence-corrected chi connectivity index (χ2v) is 9.85. The molecule has 0 bridgehead atoms. The van der Waals surface area contributed by atoms with Crippen LogP contribution in [-0.2, 0) is 24.1 Å². The van der Waals surface area contributed by atoms with Crippen molar-refractivity contribution in [3.63, 3.8) is 0 Å². The monoisotopic (exact) mass is 567 g/mol. The Morgan fingerprint density at radius 1 is 1.05 bits per heavy atom. The van der Waals surface area contributed by atoms with Crippen molar-refractivity contribution in [1.29, 1.82) is 0 Å². The Labute approximate surface area is 230 Å². The Morgan fingerprint density at radius 2 is 1.73 bits per heavy atom. The lowest BCUT2D eigenvalue weighted by molar-refractivity contribution is -0.144. The average Bonchev–Trinajstić information content (AvgIpc) is 3.72. The highest BCUT2D eigenvalue weighted by molar-refractivity contribution is 5.77. The van der Waals surface area contributed by atoms with Gasteiger partial charge in [0.15, 0.2) is 0 Å². The van der Waals surface area contributed by atoms with Crippen molar-refractivity contribution in [3.05, 3.63) is 105 Å². The van der Waals surface area contributed by atoms with Crippen LogP contribution in [-0.4, -0.2) is 30.2 Å². The van der Waals surface area contributed by atoms with Crippen molar-refractivity contribution >= 4 is 17.6 Å². The lowest BCUT2D eigenvalue weighted by atomic mass is 10.1. The number of alkyl halides is 3. The van der Waals surface area contributed by atoms with E-state index in [9.17, 15) is 32.7 Å². The molecule has 41 heavy (non-hydrogen) atoms. The Balaban J connectivity index is 1.45. The van der Waals surface area contributed by atoms with Gasteiger partial charge in [-0.2, -0.15) is 18.2 Å². The van der Waals surface area contributed by atoms with Gasteiger partial charge < -0.3 is 15.2 Å². The van der Waals surface area contributed by atoms with Crippen molar-refractivity contribution in [1.82, 2.24) is 19.1 Å². The maximum atomic E-state index is 13.5. The second kappa shape index (κ2) is 10.6. The van der Waals surface area contributed by atoms with E-state index in [2.05, 4.69) is 15.3 Å². The number of carbonyl (C=O) groups is 1. The van der Waals surface area contributed by atoms with Crippen LogP contribution in [0, 0.1) is 12.3 Å². The minimum absolute atomic E-state index is 0.0376. The van der Waals surface area contributed by atoms with E-state index in [1.165, 1.54) is 35.0 Å². The summed E-state index contributed by atoms with van der Waals surface area (Å²) in [5, 5.41) is 12.5. The van der Waals surface area contributed by atoms with Gasteiger partial charge in [-0.15, -0.1) is 0 Å². The first-order valence-electron chi connectivity index (χ1n) is 12.5. The summed E-state index contributed by atoms with van der Waals surface area (Å²) in [4.78, 5) is 45.8. The van der Waals surface area contributed by atoms with Crippen LogP contribution in [0.2, 0.25) is 0 Å². The normalized spacial score (nSPS) is 14.0. The highest BCUT2D eigenvalue weighted by atomic mass is 19.4. The Kier molecular flexibility index (Phi) is 7.11. The third-order valence-electron chi connectivity index (χ3n) is 6.78. The first-order valence-corrected chi connectivity index (χ1v) is 12.5. The van der Waals surface area contributed by atoms with Crippen LogP contribution in [0.4, 0.5) is 24.8 Å².